The molecule has 1 aromatic rings. The summed E-state index contributed by atoms with van der Waals surface area (Å²) in [6, 6.07) is 1.89. The molecule has 0 radical (unpaired) electrons. The number of nitrogens with zero attached hydrogens (tertiary/aromatic N) is 3. The summed E-state index contributed by atoms with van der Waals surface area (Å²) in [5.41, 5.74) is -0.0533. The van der Waals surface area contributed by atoms with Crippen LogP contribution in [-0.4, -0.2) is 53.6 Å². The van der Waals surface area contributed by atoms with E-state index in [1.54, 1.807) is 6.33 Å². The lowest BCUT2D eigenvalue weighted by Gasteiger charge is -2.56. The number of aromatic nitrogens is 2. The lowest BCUT2D eigenvalue weighted by atomic mass is 9.58. The highest BCUT2D eigenvalue weighted by Crippen LogP contribution is 2.51. The van der Waals surface area contributed by atoms with Gasteiger partial charge in [0.2, 0.25) is 5.88 Å². The molecule has 6 heteroatoms. The molecule has 2 unspecified atom stereocenters. The Morgan fingerprint density at radius 3 is 2.68 bits per heavy atom. The van der Waals surface area contributed by atoms with Crippen molar-refractivity contribution in [1.82, 2.24) is 9.97 Å². The Morgan fingerprint density at radius 1 is 1.27 bits per heavy atom. The Hall–Kier alpha value is -1.40. The SMILES string of the molecule is CCOc1cc(N2CCC3(CC2)C(O)CC3OCC)ncn1. The van der Waals surface area contributed by atoms with E-state index >= 15 is 0 Å². The average Bonchev–Trinajstić information content (AvgIpc) is 2.55. The lowest BCUT2D eigenvalue weighted by Crippen LogP contribution is -2.62. The molecule has 1 aliphatic heterocycles. The lowest BCUT2D eigenvalue weighted by molar-refractivity contribution is -0.199. The van der Waals surface area contributed by atoms with E-state index in [1.807, 2.05) is 19.9 Å². The number of ether oxygens (including phenoxy) is 2. The van der Waals surface area contributed by atoms with Crippen molar-refractivity contribution in [1.29, 1.82) is 0 Å². The maximum atomic E-state index is 10.2. The zero-order valence-electron chi connectivity index (χ0n) is 13.4. The Bertz CT molecular complexity index is 501. The normalized spacial score (nSPS) is 26.8. The molecule has 1 N–H and O–H groups in total. The highest BCUT2D eigenvalue weighted by molar-refractivity contribution is 5.41. The van der Waals surface area contributed by atoms with Gasteiger partial charge in [0.25, 0.3) is 0 Å². The highest BCUT2D eigenvalue weighted by atomic mass is 16.5. The van der Waals surface area contributed by atoms with Gasteiger partial charge < -0.3 is 19.5 Å². The number of hydrogen-bond donors (Lipinski definition) is 1. The summed E-state index contributed by atoms with van der Waals surface area (Å²) in [6.45, 7) is 7.03. The van der Waals surface area contributed by atoms with Crippen LogP contribution in [-0.2, 0) is 4.74 Å². The molecule has 0 bridgehead atoms. The Kier molecular flexibility index (Phi) is 4.49. The van der Waals surface area contributed by atoms with Gasteiger partial charge >= 0.3 is 0 Å². The number of anilines is 1. The second-order valence-corrected chi connectivity index (χ2v) is 6.06. The van der Waals surface area contributed by atoms with Gasteiger partial charge in [-0.1, -0.05) is 0 Å². The first-order chi connectivity index (χ1) is 10.7. The fraction of sp³-hybridized carbons (Fsp3) is 0.750. The molecule has 2 heterocycles. The Labute approximate surface area is 131 Å². The van der Waals surface area contributed by atoms with Gasteiger partial charge in [0.1, 0.15) is 12.1 Å². The summed E-state index contributed by atoms with van der Waals surface area (Å²) in [6.07, 6.45) is 4.18. The monoisotopic (exact) mass is 307 g/mol. The van der Waals surface area contributed by atoms with Crippen molar-refractivity contribution in [2.45, 2.75) is 45.3 Å². The van der Waals surface area contributed by atoms with Gasteiger partial charge in [-0.25, -0.2) is 9.97 Å². The van der Waals surface area contributed by atoms with E-state index in [0.717, 1.165) is 38.2 Å². The molecule has 2 atom stereocenters. The maximum absolute atomic E-state index is 10.2. The molecule has 6 nitrogen and oxygen atoms in total. The molecule has 1 spiro atoms. The summed E-state index contributed by atoms with van der Waals surface area (Å²) >= 11 is 0. The molecule has 2 fully saturated rings. The van der Waals surface area contributed by atoms with Crippen molar-refractivity contribution < 1.29 is 14.6 Å². The quantitative estimate of drug-likeness (QED) is 0.892. The molecule has 3 rings (SSSR count). The standard InChI is InChI=1S/C16H25N3O3/c1-3-21-13-9-12(20)16(13)5-7-19(8-6-16)14-10-15(22-4-2)18-11-17-14/h10-13,20H,3-9H2,1-2H3. The minimum absolute atomic E-state index is 0.0533. The molecule has 122 valence electrons. The largest absolute Gasteiger partial charge is 0.478 e. The fourth-order valence-electron chi connectivity index (χ4n) is 3.70. The van der Waals surface area contributed by atoms with Gasteiger partial charge in [-0.15, -0.1) is 0 Å². The third-order valence-corrected chi connectivity index (χ3v) is 5.05. The van der Waals surface area contributed by atoms with Crippen molar-refractivity contribution in [2.75, 3.05) is 31.2 Å². The number of hydrogen-bond acceptors (Lipinski definition) is 6. The maximum Gasteiger partial charge on any atom is 0.218 e. The van der Waals surface area contributed by atoms with Crippen LogP contribution in [0.15, 0.2) is 12.4 Å². The summed E-state index contributed by atoms with van der Waals surface area (Å²) in [7, 11) is 0. The van der Waals surface area contributed by atoms with Crippen molar-refractivity contribution in [3.8, 4) is 5.88 Å². The molecular formula is C16H25N3O3. The summed E-state index contributed by atoms with van der Waals surface area (Å²) in [4.78, 5) is 10.7. The van der Waals surface area contributed by atoms with Crippen LogP contribution in [0, 0.1) is 5.41 Å². The second-order valence-electron chi connectivity index (χ2n) is 6.06. The molecule has 22 heavy (non-hydrogen) atoms. The van der Waals surface area contributed by atoms with Crippen molar-refractivity contribution in [3.63, 3.8) is 0 Å². The summed E-state index contributed by atoms with van der Waals surface area (Å²) in [5, 5.41) is 10.2. The van der Waals surface area contributed by atoms with Gasteiger partial charge in [0, 0.05) is 37.6 Å². The molecular weight excluding hydrogens is 282 g/mol. The van der Waals surface area contributed by atoms with E-state index in [-0.39, 0.29) is 17.6 Å². The van der Waals surface area contributed by atoms with Crippen LogP contribution >= 0.6 is 0 Å². The fourth-order valence-corrected chi connectivity index (χ4v) is 3.70. The van der Waals surface area contributed by atoms with E-state index in [0.29, 0.717) is 19.1 Å². The molecule has 0 aromatic carbocycles. The summed E-state index contributed by atoms with van der Waals surface area (Å²) in [5.74, 6) is 1.51. The molecule has 1 saturated heterocycles. The first kappa shape index (κ1) is 15.5. The van der Waals surface area contributed by atoms with Crippen LogP contribution in [0.1, 0.15) is 33.1 Å². The van der Waals surface area contributed by atoms with Gasteiger partial charge in [0.05, 0.1) is 18.8 Å². The van der Waals surface area contributed by atoms with Crippen LogP contribution in [0.3, 0.4) is 0 Å². The van der Waals surface area contributed by atoms with Crippen molar-refractivity contribution in [3.05, 3.63) is 12.4 Å². The number of aliphatic hydroxyl groups excluding tert-OH is 1. The molecule has 1 saturated carbocycles. The Morgan fingerprint density at radius 2 is 2.05 bits per heavy atom. The van der Waals surface area contributed by atoms with E-state index in [9.17, 15) is 5.11 Å². The topological polar surface area (TPSA) is 67.7 Å². The summed E-state index contributed by atoms with van der Waals surface area (Å²) < 4.78 is 11.2. The smallest absolute Gasteiger partial charge is 0.218 e. The molecule has 1 aromatic heterocycles. The van der Waals surface area contributed by atoms with Crippen LogP contribution in [0.5, 0.6) is 5.88 Å². The van der Waals surface area contributed by atoms with Crippen LogP contribution in [0.2, 0.25) is 0 Å². The van der Waals surface area contributed by atoms with E-state index in [2.05, 4.69) is 14.9 Å². The number of rotatable bonds is 5. The average molecular weight is 307 g/mol. The third kappa shape index (κ3) is 2.65. The first-order valence-corrected chi connectivity index (χ1v) is 8.19. The Balaban J connectivity index is 1.65. The van der Waals surface area contributed by atoms with Crippen molar-refractivity contribution in [2.24, 2.45) is 5.41 Å². The van der Waals surface area contributed by atoms with Gasteiger partial charge in [-0.05, 0) is 26.7 Å². The first-order valence-electron chi connectivity index (χ1n) is 8.19. The highest BCUT2D eigenvalue weighted by Gasteiger charge is 2.56. The third-order valence-electron chi connectivity index (χ3n) is 5.05. The van der Waals surface area contributed by atoms with Crippen molar-refractivity contribution >= 4 is 5.82 Å². The minimum atomic E-state index is -0.226. The van der Waals surface area contributed by atoms with Crippen LogP contribution < -0.4 is 9.64 Å². The second kappa shape index (κ2) is 6.38. The number of aliphatic hydroxyl groups is 1. The van der Waals surface area contributed by atoms with Gasteiger partial charge in [-0.2, -0.15) is 0 Å². The minimum Gasteiger partial charge on any atom is -0.478 e. The van der Waals surface area contributed by atoms with E-state index in [1.165, 1.54) is 0 Å². The predicted octanol–water partition coefficient (Wildman–Crippen LogP) is 1.63. The predicted molar refractivity (Wildman–Crippen MR) is 83.1 cm³/mol. The van der Waals surface area contributed by atoms with Gasteiger partial charge in [-0.3, -0.25) is 0 Å². The van der Waals surface area contributed by atoms with Crippen LogP contribution in [0.4, 0.5) is 5.82 Å². The zero-order chi connectivity index (χ0) is 15.6. The molecule has 2 aliphatic rings. The number of piperidine rings is 1. The molecule has 1 aliphatic carbocycles. The van der Waals surface area contributed by atoms with E-state index < -0.39 is 0 Å². The molecule has 0 amide bonds. The van der Waals surface area contributed by atoms with Gasteiger partial charge in [0.15, 0.2) is 0 Å². The van der Waals surface area contributed by atoms with E-state index in [4.69, 9.17) is 9.47 Å². The van der Waals surface area contributed by atoms with Crippen LogP contribution in [0.25, 0.3) is 0 Å². The zero-order valence-corrected chi connectivity index (χ0v) is 13.4.